The minimum absolute atomic E-state index is 0.140. The molecule has 0 aliphatic carbocycles. The Kier molecular flexibility index (Phi) is 5.30. The molecule has 2 aromatic carbocycles. The van der Waals surface area contributed by atoms with Gasteiger partial charge in [-0.2, -0.15) is 4.31 Å². The van der Waals surface area contributed by atoms with E-state index in [0.29, 0.717) is 19.5 Å². The van der Waals surface area contributed by atoms with Crippen molar-refractivity contribution in [2.45, 2.75) is 30.3 Å². The predicted octanol–water partition coefficient (Wildman–Crippen LogP) is 2.99. The van der Waals surface area contributed by atoms with E-state index >= 15 is 0 Å². The van der Waals surface area contributed by atoms with E-state index in [-0.39, 0.29) is 17.5 Å². The molecule has 3 aromatic rings. The molecular weight excluding hydrogens is 374 g/mol. The summed E-state index contributed by atoms with van der Waals surface area (Å²) in [6.45, 7) is 0.920. The topological polar surface area (TPSA) is 82.5 Å². The third-order valence-corrected chi connectivity index (χ3v) is 7.10. The minimum Gasteiger partial charge on any atom is -0.395 e. The minimum atomic E-state index is -3.57. The van der Waals surface area contributed by atoms with Gasteiger partial charge in [0, 0.05) is 36.4 Å². The zero-order valence-electron chi connectivity index (χ0n) is 15.5. The molecule has 1 aromatic heterocycles. The van der Waals surface area contributed by atoms with E-state index in [4.69, 9.17) is 0 Å². The maximum Gasteiger partial charge on any atom is 0.243 e. The van der Waals surface area contributed by atoms with E-state index in [2.05, 4.69) is 16.4 Å². The normalized spacial score (nSPS) is 17.8. The summed E-state index contributed by atoms with van der Waals surface area (Å²) < 4.78 is 27.0. The summed E-state index contributed by atoms with van der Waals surface area (Å²) in [5.41, 5.74) is 2.86. The van der Waals surface area contributed by atoms with Gasteiger partial charge in [-0.05, 0) is 54.8 Å². The van der Waals surface area contributed by atoms with Crippen LogP contribution in [0.25, 0.3) is 10.9 Å². The first-order chi connectivity index (χ1) is 13.6. The Labute approximate surface area is 164 Å². The van der Waals surface area contributed by atoms with Crippen molar-refractivity contribution >= 4 is 26.6 Å². The molecule has 0 amide bonds. The molecule has 1 unspecified atom stereocenters. The van der Waals surface area contributed by atoms with Gasteiger partial charge >= 0.3 is 0 Å². The first kappa shape index (κ1) is 18.9. The van der Waals surface area contributed by atoms with E-state index in [0.717, 1.165) is 28.6 Å². The molecule has 7 heteroatoms. The number of anilines is 1. The Balaban J connectivity index is 1.45. The van der Waals surface area contributed by atoms with E-state index in [1.54, 1.807) is 24.3 Å². The van der Waals surface area contributed by atoms with Crippen molar-refractivity contribution in [3.05, 3.63) is 66.4 Å². The number of para-hydroxylation sites is 1. The van der Waals surface area contributed by atoms with Gasteiger partial charge in [0.05, 0.1) is 17.0 Å². The highest BCUT2D eigenvalue weighted by molar-refractivity contribution is 7.89. The number of aromatic nitrogens is 1. The number of aliphatic hydroxyl groups excluding tert-OH is 1. The summed E-state index contributed by atoms with van der Waals surface area (Å²) in [6, 6.07) is 16.5. The van der Waals surface area contributed by atoms with Gasteiger partial charge < -0.3 is 10.4 Å². The lowest BCUT2D eigenvalue weighted by Gasteiger charge is -2.22. The van der Waals surface area contributed by atoms with Gasteiger partial charge in [-0.25, -0.2) is 8.42 Å². The van der Waals surface area contributed by atoms with Crippen LogP contribution in [0.15, 0.2) is 65.7 Å². The quantitative estimate of drug-likeness (QED) is 0.668. The second-order valence-corrected chi connectivity index (χ2v) is 8.90. The second kappa shape index (κ2) is 7.87. The molecular formula is C21H23N3O3S. The highest BCUT2D eigenvalue weighted by Crippen LogP contribution is 2.26. The van der Waals surface area contributed by atoms with Gasteiger partial charge in [-0.15, -0.1) is 0 Å². The molecule has 1 fully saturated rings. The first-order valence-corrected chi connectivity index (χ1v) is 10.8. The van der Waals surface area contributed by atoms with Crippen LogP contribution in [-0.2, 0) is 16.6 Å². The van der Waals surface area contributed by atoms with Crippen LogP contribution in [0.2, 0.25) is 0 Å². The summed E-state index contributed by atoms with van der Waals surface area (Å²) in [6.07, 6.45) is 3.33. The lowest BCUT2D eigenvalue weighted by atomic mass is 10.1. The summed E-state index contributed by atoms with van der Waals surface area (Å²) in [5, 5.41) is 13.8. The number of benzene rings is 2. The molecule has 146 valence electrons. The Bertz CT molecular complexity index is 1070. The maximum atomic E-state index is 12.8. The van der Waals surface area contributed by atoms with Crippen LogP contribution in [0.5, 0.6) is 0 Å². The van der Waals surface area contributed by atoms with Crippen molar-refractivity contribution < 1.29 is 13.5 Å². The van der Waals surface area contributed by atoms with E-state index in [1.165, 1.54) is 4.31 Å². The van der Waals surface area contributed by atoms with Gasteiger partial charge in [0.15, 0.2) is 0 Å². The van der Waals surface area contributed by atoms with Crippen LogP contribution >= 0.6 is 0 Å². The fourth-order valence-electron chi connectivity index (χ4n) is 3.61. The average molecular weight is 398 g/mol. The summed E-state index contributed by atoms with van der Waals surface area (Å²) >= 11 is 0. The molecule has 0 saturated carbocycles. The number of pyridine rings is 1. The average Bonchev–Trinajstić information content (AvgIpc) is 3.22. The maximum absolute atomic E-state index is 12.8. The van der Waals surface area contributed by atoms with E-state index in [1.807, 2.05) is 30.5 Å². The van der Waals surface area contributed by atoms with Crippen molar-refractivity contribution in [2.24, 2.45) is 0 Å². The van der Waals surface area contributed by atoms with Crippen molar-refractivity contribution in [2.75, 3.05) is 18.5 Å². The van der Waals surface area contributed by atoms with Crippen LogP contribution in [0.3, 0.4) is 0 Å². The summed E-state index contributed by atoms with van der Waals surface area (Å²) in [7, 11) is -3.57. The first-order valence-electron chi connectivity index (χ1n) is 9.38. The van der Waals surface area contributed by atoms with Crippen molar-refractivity contribution in [3.63, 3.8) is 0 Å². The van der Waals surface area contributed by atoms with Crippen LogP contribution in [0.1, 0.15) is 18.4 Å². The molecule has 28 heavy (non-hydrogen) atoms. The number of fused-ring (bicyclic) bond motifs is 1. The molecule has 1 aliphatic rings. The number of nitrogens with one attached hydrogen (secondary N) is 1. The van der Waals surface area contributed by atoms with Crippen LogP contribution in [-0.4, -0.2) is 42.0 Å². The summed E-state index contributed by atoms with van der Waals surface area (Å²) in [4.78, 5) is 4.71. The molecule has 0 spiro atoms. The van der Waals surface area contributed by atoms with Crippen LogP contribution in [0, 0.1) is 0 Å². The monoisotopic (exact) mass is 397 g/mol. The Morgan fingerprint density at radius 2 is 1.93 bits per heavy atom. The number of hydrogen-bond donors (Lipinski definition) is 2. The molecule has 6 nitrogen and oxygen atoms in total. The largest absolute Gasteiger partial charge is 0.395 e. The zero-order chi connectivity index (χ0) is 19.6. The molecule has 0 bridgehead atoms. The molecule has 1 saturated heterocycles. The van der Waals surface area contributed by atoms with Gasteiger partial charge in [0.1, 0.15) is 0 Å². The number of aliphatic hydroxyl groups is 1. The van der Waals surface area contributed by atoms with E-state index < -0.39 is 10.0 Å². The second-order valence-electron chi connectivity index (χ2n) is 7.01. The lowest BCUT2D eigenvalue weighted by molar-refractivity contribution is 0.213. The molecule has 1 atom stereocenters. The third-order valence-electron chi connectivity index (χ3n) is 5.14. The van der Waals surface area contributed by atoms with Crippen molar-refractivity contribution in [1.82, 2.24) is 9.29 Å². The molecule has 0 radical (unpaired) electrons. The molecule has 2 heterocycles. The Hall–Kier alpha value is -2.48. The van der Waals surface area contributed by atoms with Crippen LogP contribution in [0.4, 0.5) is 5.69 Å². The highest BCUT2D eigenvalue weighted by atomic mass is 32.2. The van der Waals surface area contributed by atoms with Crippen molar-refractivity contribution in [1.29, 1.82) is 0 Å². The number of nitrogens with zero attached hydrogens (tertiary/aromatic N) is 2. The fraction of sp³-hybridized carbons (Fsp3) is 0.286. The molecule has 2 N–H and O–H groups in total. The summed E-state index contributed by atoms with van der Waals surface area (Å²) in [5.74, 6) is 0. The Morgan fingerprint density at radius 1 is 1.14 bits per heavy atom. The smallest absolute Gasteiger partial charge is 0.243 e. The Morgan fingerprint density at radius 3 is 2.71 bits per heavy atom. The number of hydrogen-bond acceptors (Lipinski definition) is 5. The standard InChI is InChI=1S/C21H23N3O3S/c25-15-19-5-3-11-24(19)28(26,27)20-9-7-18(8-10-20)22-13-16-12-17-4-1-2-6-21(17)23-14-16/h1-2,4,6-10,12,14,19,22,25H,3,5,11,13,15H2. The van der Waals surface area contributed by atoms with E-state index in [9.17, 15) is 13.5 Å². The van der Waals surface area contributed by atoms with Gasteiger partial charge in [-0.1, -0.05) is 18.2 Å². The number of rotatable bonds is 6. The van der Waals surface area contributed by atoms with Gasteiger partial charge in [0.25, 0.3) is 0 Å². The zero-order valence-corrected chi connectivity index (χ0v) is 16.3. The predicted molar refractivity (Wildman–Crippen MR) is 110 cm³/mol. The van der Waals surface area contributed by atoms with Gasteiger partial charge in [0.2, 0.25) is 10.0 Å². The SMILES string of the molecule is O=S(=O)(c1ccc(NCc2cnc3ccccc3c2)cc1)N1CCCC1CO. The molecule has 1 aliphatic heterocycles. The van der Waals surface area contributed by atoms with Gasteiger partial charge in [-0.3, -0.25) is 4.98 Å². The third kappa shape index (κ3) is 3.73. The highest BCUT2D eigenvalue weighted by Gasteiger charge is 2.34. The number of sulfonamides is 1. The fourth-order valence-corrected chi connectivity index (χ4v) is 5.29. The molecule has 4 rings (SSSR count). The van der Waals surface area contributed by atoms with Crippen LogP contribution < -0.4 is 5.32 Å². The van der Waals surface area contributed by atoms with Crippen molar-refractivity contribution in [3.8, 4) is 0 Å². The lowest BCUT2D eigenvalue weighted by Crippen LogP contribution is -2.37.